The molecule has 1 saturated carbocycles. The van der Waals surface area contributed by atoms with Crippen LogP contribution in [0.4, 0.5) is 10.5 Å². The number of amides is 3. The highest BCUT2D eigenvalue weighted by molar-refractivity contribution is 5.92. The monoisotopic (exact) mass is 291 g/mol. The van der Waals surface area contributed by atoms with Crippen molar-refractivity contribution in [2.75, 3.05) is 18.4 Å². The first-order valence-electron chi connectivity index (χ1n) is 7.16. The predicted molar refractivity (Wildman–Crippen MR) is 79.9 cm³/mol. The van der Waals surface area contributed by atoms with Gasteiger partial charge in [0.2, 0.25) is 5.91 Å². The quantitative estimate of drug-likeness (QED) is 0.657. The van der Waals surface area contributed by atoms with Crippen molar-refractivity contribution >= 4 is 17.6 Å². The lowest BCUT2D eigenvalue weighted by molar-refractivity contribution is -0.121. The number of hydrogen-bond acceptors (Lipinski definition) is 3. The molecule has 1 aliphatic carbocycles. The third-order valence-corrected chi connectivity index (χ3v) is 3.59. The van der Waals surface area contributed by atoms with E-state index in [2.05, 4.69) is 16.0 Å². The van der Waals surface area contributed by atoms with Crippen LogP contribution in [-0.2, 0) is 4.79 Å². The van der Waals surface area contributed by atoms with E-state index >= 15 is 0 Å². The van der Waals surface area contributed by atoms with Crippen LogP contribution in [0.15, 0.2) is 30.3 Å². The molecule has 0 bridgehead atoms. The molecule has 0 heterocycles. The van der Waals surface area contributed by atoms with Crippen LogP contribution in [0, 0.1) is 0 Å². The van der Waals surface area contributed by atoms with Gasteiger partial charge in [0.25, 0.3) is 0 Å². The van der Waals surface area contributed by atoms with E-state index in [4.69, 9.17) is 0 Å². The van der Waals surface area contributed by atoms with E-state index in [0.29, 0.717) is 5.69 Å². The van der Waals surface area contributed by atoms with E-state index in [-0.39, 0.29) is 19.0 Å². The summed E-state index contributed by atoms with van der Waals surface area (Å²) in [6.07, 6.45) is 3.42. The molecule has 21 heavy (non-hydrogen) atoms. The Balaban J connectivity index is 1.65. The number of urea groups is 1. The lowest BCUT2D eigenvalue weighted by Gasteiger charge is -2.22. The van der Waals surface area contributed by atoms with Crippen molar-refractivity contribution in [3.05, 3.63) is 30.3 Å². The van der Waals surface area contributed by atoms with Crippen LogP contribution >= 0.6 is 0 Å². The molecule has 1 aromatic carbocycles. The minimum Gasteiger partial charge on any atom is -0.388 e. The van der Waals surface area contributed by atoms with Crippen LogP contribution in [0.25, 0.3) is 0 Å². The van der Waals surface area contributed by atoms with Gasteiger partial charge in [0.05, 0.1) is 12.1 Å². The summed E-state index contributed by atoms with van der Waals surface area (Å²) in [6.45, 7) is 0.128. The Bertz CT molecular complexity index is 484. The zero-order valence-corrected chi connectivity index (χ0v) is 11.9. The molecular formula is C15H21N3O3. The number of aliphatic hydroxyl groups is 1. The molecule has 1 aliphatic rings. The standard InChI is InChI=1S/C15H21N3O3/c19-13(17-11-15(21)8-4-5-9-15)10-16-14(20)18-12-6-2-1-3-7-12/h1-3,6-7,21H,4-5,8-11H2,(H,17,19)(H2,16,18,20). The van der Waals surface area contributed by atoms with Gasteiger partial charge in [-0.05, 0) is 25.0 Å². The maximum Gasteiger partial charge on any atom is 0.319 e. The van der Waals surface area contributed by atoms with Gasteiger partial charge in [0.15, 0.2) is 0 Å². The van der Waals surface area contributed by atoms with E-state index in [1.165, 1.54) is 0 Å². The second-order valence-electron chi connectivity index (χ2n) is 5.38. The molecule has 6 nitrogen and oxygen atoms in total. The Morgan fingerprint density at radius 1 is 1.10 bits per heavy atom. The molecule has 0 unspecified atom stereocenters. The maximum atomic E-state index is 11.6. The predicted octanol–water partition coefficient (Wildman–Crippen LogP) is 1.23. The van der Waals surface area contributed by atoms with Gasteiger partial charge in [0, 0.05) is 12.2 Å². The third kappa shape index (κ3) is 5.07. The van der Waals surface area contributed by atoms with Gasteiger partial charge in [-0.2, -0.15) is 0 Å². The lowest BCUT2D eigenvalue weighted by Crippen LogP contribution is -2.45. The average molecular weight is 291 g/mol. The fourth-order valence-corrected chi connectivity index (χ4v) is 2.39. The van der Waals surface area contributed by atoms with Crippen LogP contribution in [0.2, 0.25) is 0 Å². The second-order valence-corrected chi connectivity index (χ2v) is 5.38. The first-order valence-corrected chi connectivity index (χ1v) is 7.16. The highest BCUT2D eigenvalue weighted by Crippen LogP contribution is 2.28. The molecular weight excluding hydrogens is 270 g/mol. The minimum absolute atomic E-state index is 0.116. The van der Waals surface area contributed by atoms with E-state index in [1.807, 2.05) is 18.2 Å². The SMILES string of the molecule is O=C(CNC(=O)Nc1ccccc1)NCC1(O)CCCC1. The summed E-state index contributed by atoms with van der Waals surface area (Å²) in [4.78, 5) is 23.2. The molecule has 0 aromatic heterocycles. The molecule has 4 N–H and O–H groups in total. The minimum atomic E-state index is -0.776. The van der Waals surface area contributed by atoms with Crippen molar-refractivity contribution in [2.24, 2.45) is 0 Å². The molecule has 0 saturated heterocycles. The summed E-state index contributed by atoms with van der Waals surface area (Å²) in [6, 6.07) is 8.56. The highest BCUT2D eigenvalue weighted by Gasteiger charge is 2.31. The number of rotatable bonds is 5. The number of benzene rings is 1. The van der Waals surface area contributed by atoms with Crippen molar-refractivity contribution < 1.29 is 14.7 Å². The largest absolute Gasteiger partial charge is 0.388 e. The van der Waals surface area contributed by atoms with E-state index in [1.54, 1.807) is 12.1 Å². The topological polar surface area (TPSA) is 90.5 Å². The van der Waals surface area contributed by atoms with Gasteiger partial charge in [0.1, 0.15) is 0 Å². The van der Waals surface area contributed by atoms with Gasteiger partial charge < -0.3 is 21.1 Å². The summed E-state index contributed by atoms with van der Waals surface area (Å²) in [5.41, 5.74) is -0.113. The van der Waals surface area contributed by atoms with Crippen molar-refractivity contribution in [3.63, 3.8) is 0 Å². The van der Waals surface area contributed by atoms with E-state index in [9.17, 15) is 14.7 Å². The summed E-state index contributed by atoms with van der Waals surface area (Å²) in [5, 5.41) is 17.8. The zero-order valence-electron chi connectivity index (χ0n) is 11.9. The molecule has 0 spiro atoms. The average Bonchev–Trinajstić information content (AvgIpc) is 2.91. The van der Waals surface area contributed by atoms with Crippen LogP contribution in [0.3, 0.4) is 0 Å². The van der Waals surface area contributed by atoms with Crippen molar-refractivity contribution in [2.45, 2.75) is 31.3 Å². The molecule has 3 amide bonds. The van der Waals surface area contributed by atoms with E-state index in [0.717, 1.165) is 25.7 Å². The second kappa shape index (κ2) is 7.08. The molecule has 1 aromatic rings. The number of carbonyl (C=O) groups is 2. The molecule has 0 aliphatic heterocycles. The molecule has 114 valence electrons. The fourth-order valence-electron chi connectivity index (χ4n) is 2.39. The van der Waals surface area contributed by atoms with Crippen molar-refractivity contribution in [1.82, 2.24) is 10.6 Å². The fraction of sp³-hybridized carbons (Fsp3) is 0.467. The summed E-state index contributed by atoms with van der Waals surface area (Å²) in [7, 11) is 0. The number of para-hydroxylation sites is 1. The normalized spacial score (nSPS) is 16.2. The molecule has 0 radical (unpaired) electrons. The third-order valence-electron chi connectivity index (χ3n) is 3.59. The molecule has 2 rings (SSSR count). The van der Waals surface area contributed by atoms with Gasteiger partial charge >= 0.3 is 6.03 Å². The molecule has 6 heteroatoms. The van der Waals surface area contributed by atoms with Crippen LogP contribution in [-0.4, -0.2) is 35.7 Å². The first kappa shape index (κ1) is 15.3. The smallest absolute Gasteiger partial charge is 0.319 e. The van der Waals surface area contributed by atoms with E-state index < -0.39 is 11.6 Å². The van der Waals surface area contributed by atoms with Crippen LogP contribution in [0.5, 0.6) is 0 Å². The Morgan fingerprint density at radius 3 is 2.43 bits per heavy atom. The number of carbonyl (C=O) groups excluding carboxylic acids is 2. The van der Waals surface area contributed by atoms with Crippen LogP contribution in [0.1, 0.15) is 25.7 Å². The number of nitrogens with one attached hydrogen (secondary N) is 3. The lowest BCUT2D eigenvalue weighted by atomic mass is 10.0. The molecule has 1 fully saturated rings. The van der Waals surface area contributed by atoms with Gasteiger partial charge in [-0.15, -0.1) is 0 Å². The van der Waals surface area contributed by atoms with Gasteiger partial charge in [-0.1, -0.05) is 31.0 Å². The highest BCUT2D eigenvalue weighted by atomic mass is 16.3. The summed E-state index contributed by atoms with van der Waals surface area (Å²) < 4.78 is 0. The number of hydrogen-bond donors (Lipinski definition) is 4. The van der Waals surface area contributed by atoms with Crippen molar-refractivity contribution in [3.8, 4) is 0 Å². The Labute approximate surface area is 123 Å². The maximum absolute atomic E-state index is 11.6. The van der Waals surface area contributed by atoms with Gasteiger partial charge in [-0.25, -0.2) is 4.79 Å². The Kier molecular flexibility index (Phi) is 5.16. The van der Waals surface area contributed by atoms with Crippen LogP contribution < -0.4 is 16.0 Å². The Hall–Kier alpha value is -2.08. The Morgan fingerprint density at radius 2 is 1.76 bits per heavy atom. The first-order chi connectivity index (χ1) is 10.1. The summed E-state index contributed by atoms with van der Waals surface area (Å²) >= 11 is 0. The summed E-state index contributed by atoms with van der Waals surface area (Å²) in [5.74, 6) is -0.307. The molecule has 0 atom stereocenters. The zero-order chi connectivity index (χ0) is 15.1. The van der Waals surface area contributed by atoms with Crippen molar-refractivity contribution in [1.29, 1.82) is 0 Å². The van der Waals surface area contributed by atoms with Gasteiger partial charge in [-0.3, -0.25) is 4.79 Å². The number of anilines is 1.